The molecule has 3 unspecified atom stereocenters. The Kier molecular flexibility index (Phi) is 26.8. The van der Waals surface area contributed by atoms with Crippen LogP contribution in [-0.2, 0) is 59.4 Å². The van der Waals surface area contributed by atoms with Crippen LogP contribution in [0.3, 0.4) is 0 Å². The van der Waals surface area contributed by atoms with Crippen LogP contribution in [0.4, 0.5) is 0 Å². The molecule has 0 aromatic heterocycles. The maximum absolute atomic E-state index is 12.6. The highest BCUT2D eigenvalue weighted by Gasteiger charge is 2.47. The van der Waals surface area contributed by atoms with Crippen molar-refractivity contribution in [1.29, 1.82) is 0 Å². The van der Waals surface area contributed by atoms with E-state index in [1.165, 1.54) is 0 Å². The summed E-state index contributed by atoms with van der Waals surface area (Å²) in [4.78, 5) is 47.2. The van der Waals surface area contributed by atoms with Crippen LogP contribution in [0.25, 0.3) is 0 Å². The molecule has 384 valence electrons. The first kappa shape index (κ1) is 61.7. The molecule has 0 saturated carbocycles. The van der Waals surface area contributed by atoms with E-state index >= 15 is 0 Å². The van der Waals surface area contributed by atoms with Gasteiger partial charge in [0.2, 0.25) is 0 Å². The lowest BCUT2D eigenvalue weighted by molar-refractivity contribution is -0.321. The van der Waals surface area contributed by atoms with E-state index in [4.69, 9.17) is 24.4 Å². The molecule has 1 fully saturated rings. The van der Waals surface area contributed by atoms with Crippen LogP contribution in [0.15, 0.2) is 0 Å². The minimum absolute atomic E-state index is 1.00. The summed E-state index contributed by atoms with van der Waals surface area (Å²) in [7, 11) is -21.2. The normalized spacial score (nSPS) is 28.5. The van der Waals surface area contributed by atoms with Gasteiger partial charge < -0.3 is 116 Å². The van der Waals surface area contributed by atoms with Gasteiger partial charge in [-0.25, -0.2) is 18.3 Å². The highest BCUT2D eigenvalue weighted by molar-refractivity contribution is 7.48. The van der Waals surface area contributed by atoms with Gasteiger partial charge in [0.25, 0.3) is 0 Å². The first-order valence-electron chi connectivity index (χ1n) is 17.9. The molecule has 1 aliphatic rings. The van der Waals surface area contributed by atoms with Gasteiger partial charge in [-0.05, 0) is 0 Å². The maximum Gasteiger partial charge on any atom is 0.472 e. The number of rotatable bonds is 33. The zero-order valence-electron chi connectivity index (χ0n) is 32.7. The van der Waals surface area contributed by atoms with Crippen LogP contribution in [-0.4, -0.2) is 270 Å². The predicted octanol–water partition coefficient (Wildman–Crippen LogP) is -10.4. The van der Waals surface area contributed by atoms with Gasteiger partial charge in [0.15, 0.2) is 6.29 Å². The molecule has 20 atom stereocenters. The molecule has 0 amide bonds. The van der Waals surface area contributed by atoms with Gasteiger partial charge in [-0.15, -0.1) is 0 Å². The predicted molar refractivity (Wildman–Crippen MR) is 195 cm³/mol. The van der Waals surface area contributed by atoms with Crippen LogP contribution < -0.4 is 0 Å². The van der Waals surface area contributed by atoms with Gasteiger partial charge in [-0.1, -0.05) is 0 Å². The number of ether oxygens (including phenoxy) is 2. The summed E-state index contributed by atoms with van der Waals surface area (Å²) in [6.07, 6.45) is -37.1. The molecule has 1 saturated heterocycles. The maximum atomic E-state index is 12.6. The first-order valence-corrected chi connectivity index (χ1v) is 23.9. The molecule has 1 rings (SSSR count). The fourth-order valence-electron chi connectivity index (χ4n) is 4.59. The SMILES string of the molecule is O=P(O)(O)OC[C@@H](O)[C@@H](O)[C@@H](O)COP(=O)(O)OC[C@@H](O[C@@H]1O[C@@H](CO)[C@H](O)[C@@H](O)[C@@H]1O)[C@@H](O)[C@@H](O)COP(=O)(O)OC[C@@H](O)[C@@H](O)[C@@H](O)COP(=O)(O)OC[C@@H](O)[C@@H](O)[C@@H](O)CO. The third-order valence-electron chi connectivity index (χ3n) is 8.34. The first-order chi connectivity index (χ1) is 29.3. The number of phosphoric acid groups is 4. The van der Waals surface area contributed by atoms with Gasteiger partial charge in [0, 0.05) is 0 Å². The second-order valence-electron chi connectivity index (χ2n) is 13.5. The zero-order chi connectivity index (χ0) is 49.5. The molecule has 64 heavy (non-hydrogen) atoms. The standard InChI is InChI=1S/C26H56O34P4/c27-1-10(29)19(36)12(31)4-53-62(46,47)54-5-14(33)21(38)15(34)6-55-63(48,49)57-8-16(35)22(39)18(60-26-25(42)24(41)23(40)17(2-28)59-26)9-58-64(50,51)56-7-13(32)20(37)11(30)3-52-61(43,44)45/h10-42H,1-9H2,(H,46,47)(H,48,49)(H,50,51)(H2,43,44,45)/t10-,11+,12+,13-,14-,15+,16-,17-,18+,19-,20+,21-,22-,23-,24+,25-,26-/m0/s1. The molecule has 21 N–H and O–H groups in total. The van der Waals surface area contributed by atoms with Crippen molar-refractivity contribution in [2.45, 2.75) is 104 Å². The molecule has 34 nitrogen and oxygen atoms in total. The number of phosphoric ester groups is 4. The van der Waals surface area contributed by atoms with Crippen molar-refractivity contribution in [3.8, 4) is 0 Å². The summed E-state index contributed by atoms with van der Waals surface area (Å²) < 4.78 is 88.9. The second kappa shape index (κ2) is 27.8. The Bertz CT molecular complexity index is 1520. The molecule has 0 spiro atoms. The Labute approximate surface area is 360 Å². The molecule has 0 aliphatic carbocycles. The summed E-state index contributed by atoms with van der Waals surface area (Å²) in [6.45, 7) is -11.3. The van der Waals surface area contributed by atoms with Gasteiger partial charge >= 0.3 is 31.3 Å². The monoisotopic (exact) mass is 1040 g/mol. The van der Waals surface area contributed by atoms with Gasteiger partial charge in [0.1, 0.15) is 97.7 Å². The average molecular weight is 1040 g/mol. The van der Waals surface area contributed by atoms with Crippen molar-refractivity contribution >= 4 is 31.3 Å². The Morgan fingerprint density at radius 2 is 0.734 bits per heavy atom. The topological polar surface area (TPSA) is 576 Å². The van der Waals surface area contributed by atoms with Crippen LogP contribution in [0.5, 0.6) is 0 Å². The summed E-state index contributed by atoms with van der Waals surface area (Å²) in [5, 5.41) is 158. The van der Waals surface area contributed by atoms with E-state index in [0.717, 1.165) is 0 Å². The summed E-state index contributed by atoms with van der Waals surface area (Å²) >= 11 is 0. The highest BCUT2D eigenvalue weighted by Crippen LogP contribution is 2.46. The summed E-state index contributed by atoms with van der Waals surface area (Å²) in [5.41, 5.74) is 0. The fraction of sp³-hybridized carbons (Fsp3) is 1.00. The molecule has 0 aromatic carbocycles. The van der Waals surface area contributed by atoms with Crippen molar-refractivity contribution in [2.24, 2.45) is 0 Å². The van der Waals surface area contributed by atoms with E-state index < -0.39 is 195 Å². The quantitative estimate of drug-likeness (QED) is 0.0271. The highest BCUT2D eigenvalue weighted by atomic mass is 31.2. The third-order valence-corrected chi connectivity index (χ3v) is 11.7. The lowest BCUT2D eigenvalue weighted by Gasteiger charge is -2.41. The van der Waals surface area contributed by atoms with Gasteiger partial charge in [-0.2, -0.15) is 0 Å². The molecule has 0 radical (unpaired) electrons. The largest absolute Gasteiger partial charge is 0.472 e. The fourth-order valence-corrected chi connectivity index (χ4v) is 7.20. The summed E-state index contributed by atoms with van der Waals surface area (Å²) in [5.74, 6) is 0. The van der Waals surface area contributed by atoms with Crippen molar-refractivity contribution in [3.05, 3.63) is 0 Å². The van der Waals surface area contributed by atoms with Crippen LogP contribution in [0.1, 0.15) is 0 Å². The van der Waals surface area contributed by atoms with E-state index in [1.807, 2.05) is 0 Å². The number of hydrogen-bond acceptors (Lipinski definition) is 29. The minimum atomic E-state index is -5.48. The third kappa shape index (κ3) is 22.0. The van der Waals surface area contributed by atoms with Gasteiger partial charge in [0.05, 0.1) is 59.5 Å². The lowest BCUT2D eigenvalue weighted by Crippen LogP contribution is -2.60. The molecule has 0 bridgehead atoms. The Morgan fingerprint density at radius 3 is 1.06 bits per heavy atom. The summed E-state index contributed by atoms with van der Waals surface area (Å²) in [6, 6.07) is 0. The number of aliphatic hydroxyl groups is 16. The number of aliphatic hydroxyl groups excluding tert-OH is 16. The smallest absolute Gasteiger partial charge is 0.394 e. The van der Waals surface area contributed by atoms with E-state index in [9.17, 15) is 110 Å². The van der Waals surface area contributed by atoms with Gasteiger partial charge in [-0.3, -0.25) is 31.7 Å². The zero-order valence-corrected chi connectivity index (χ0v) is 36.2. The van der Waals surface area contributed by atoms with Crippen molar-refractivity contribution in [1.82, 2.24) is 0 Å². The van der Waals surface area contributed by atoms with Crippen molar-refractivity contribution in [2.75, 3.05) is 59.5 Å². The Hall–Kier alpha value is -0.280. The van der Waals surface area contributed by atoms with E-state index in [-0.39, 0.29) is 0 Å². The Balaban J connectivity index is 2.93. The van der Waals surface area contributed by atoms with Crippen LogP contribution >= 0.6 is 31.3 Å². The lowest BCUT2D eigenvalue weighted by atomic mass is 9.99. The molecule has 38 heteroatoms. The molecule has 0 aromatic rings. The van der Waals surface area contributed by atoms with Crippen molar-refractivity contribution < 1.29 is 166 Å². The van der Waals surface area contributed by atoms with E-state index in [0.29, 0.717) is 0 Å². The van der Waals surface area contributed by atoms with Crippen molar-refractivity contribution in [3.63, 3.8) is 0 Å². The van der Waals surface area contributed by atoms with Crippen LogP contribution in [0.2, 0.25) is 0 Å². The molecular formula is C26H56O34P4. The second-order valence-corrected chi connectivity index (χ2v) is 19.1. The minimum Gasteiger partial charge on any atom is -0.394 e. The van der Waals surface area contributed by atoms with Crippen LogP contribution in [0, 0.1) is 0 Å². The van der Waals surface area contributed by atoms with E-state index in [1.54, 1.807) is 0 Å². The number of hydrogen-bond donors (Lipinski definition) is 21. The molecular weight excluding hydrogens is 980 g/mol. The average Bonchev–Trinajstić information content (AvgIpc) is 3.23. The Morgan fingerprint density at radius 1 is 0.422 bits per heavy atom. The molecule has 1 aliphatic heterocycles. The van der Waals surface area contributed by atoms with E-state index in [2.05, 4.69) is 31.7 Å². The molecule has 1 heterocycles.